The Bertz CT molecular complexity index is 2010. The summed E-state index contributed by atoms with van der Waals surface area (Å²) in [5.41, 5.74) is -18.3. The molecule has 7 saturated carbocycles. The highest BCUT2D eigenvalue weighted by Gasteiger charge is 2.67. The van der Waals surface area contributed by atoms with Crippen molar-refractivity contribution >= 4 is 6.16 Å². The molecule has 0 heterocycles. The van der Waals surface area contributed by atoms with Crippen molar-refractivity contribution < 1.29 is 90.7 Å². The van der Waals surface area contributed by atoms with Crippen LogP contribution in [0, 0.1) is 94.7 Å². The van der Waals surface area contributed by atoms with Crippen molar-refractivity contribution in [3.63, 3.8) is 0 Å². The van der Waals surface area contributed by atoms with Crippen molar-refractivity contribution in [3.05, 3.63) is 0 Å². The molecule has 0 radical (unpaired) electrons. The van der Waals surface area contributed by atoms with Crippen LogP contribution in [-0.4, -0.2) is 86.0 Å². The van der Waals surface area contributed by atoms with Gasteiger partial charge < -0.3 is 24.4 Å². The maximum atomic E-state index is 15.5. The maximum absolute atomic E-state index is 15.5. The average molecular weight is 1120 g/mol. The van der Waals surface area contributed by atoms with Crippen LogP contribution in [0.4, 0.5) is 66.3 Å². The molecule has 22 unspecified atom stereocenters. The molecule has 7 rings (SSSR count). The summed E-state index contributed by atoms with van der Waals surface area (Å²) in [5.74, 6) is 4.39. The number of fused-ring (bicyclic) bond motifs is 9. The van der Waals surface area contributed by atoms with E-state index in [4.69, 9.17) is 9.47 Å². The lowest BCUT2D eigenvalue weighted by molar-refractivity contribution is -0.320. The third kappa shape index (κ3) is 12.9. The fourth-order valence-electron chi connectivity index (χ4n) is 16.4. The fourth-order valence-corrected chi connectivity index (χ4v) is 16.4. The smallest absolute Gasteiger partial charge is 0.429 e. The van der Waals surface area contributed by atoms with Crippen LogP contribution in [0.3, 0.4) is 0 Å². The SMILES string of the molecule is CC1C2CC(C1C)C(F)(CC(C)(O)C(F)(F)F)C2.CC1C2CC(C1C)C(F)(CC(C)(OC(=O)OC(C)(C)C)C(F)(F)F)C2.CC1CC(CCC(C)(OC(C)(C)CC(C)(O)C(F)(F)F)C(F)(F)F)C2C3CC(C(C)C3C)C12. The van der Waals surface area contributed by atoms with E-state index in [1.807, 2.05) is 27.7 Å². The van der Waals surface area contributed by atoms with E-state index in [9.17, 15) is 72.1 Å². The van der Waals surface area contributed by atoms with Gasteiger partial charge in [0.2, 0.25) is 5.60 Å². The first-order valence-electron chi connectivity index (χ1n) is 27.5. The van der Waals surface area contributed by atoms with Crippen LogP contribution in [0.1, 0.15) is 181 Å². The molecule has 7 aliphatic carbocycles. The second kappa shape index (κ2) is 20.9. The standard InChI is InChI=1S/C25H40F6O2.C18H28F4O3.C13H20F4O/c1-13-10-16(20-18-11-17(19(13)20)14(2)15(18)3)8-9-23(7,25(29,30)31)33-21(4,5)12-22(6,32)24(26,27)28;1-10-11(2)13-7-12(10)8-17(13,19)9-16(6,18(20,21)22)25-14(23)24-15(3,4)5;1-7-8(2)10-4-9(7)5-12(10,14)6-11(3,18)13(15,16)17/h13-20,32H,8-12H2,1-7H3;10-13H,7-9H2,1-6H3;7-10,18H,4-6H2,1-3H3. The molecule has 0 aromatic heterocycles. The Kier molecular flexibility index (Phi) is 17.8. The Morgan fingerprint density at radius 3 is 1.32 bits per heavy atom. The molecule has 7 aliphatic rings. The van der Waals surface area contributed by atoms with E-state index in [-0.39, 0.29) is 54.8 Å². The third-order valence-electron chi connectivity index (χ3n) is 20.7. The van der Waals surface area contributed by atoms with Gasteiger partial charge in [-0.25, -0.2) is 13.6 Å². The first-order chi connectivity index (χ1) is 33.8. The van der Waals surface area contributed by atoms with Gasteiger partial charge in [-0.2, -0.15) is 52.7 Å². The highest BCUT2D eigenvalue weighted by atomic mass is 19.4. The highest BCUT2D eigenvalue weighted by molar-refractivity contribution is 5.61. The van der Waals surface area contributed by atoms with Crippen LogP contribution < -0.4 is 0 Å². The Balaban J connectivity index is 0.000000220. The van der Waals surface area contributed by atoms with Crippen molar-refractivity contribution in [2.45, 2.75) is 251 Å². The van der Waals surface area contributed by atoms with E-state index in [1.165, 1.54) is 41.0 Å². The summed E-state index contributed by atoms with van der Waals surface area (Å²) in [6.45, 7) is 24.5. The topological polar surface area (TPSA) is 85.2 Å². The molecular weight excluding hydrogens is 1030 g/mol. The molecule has 0 amide bonds. The van der Waals surface area contributed by atoms with Gasteiger partial charge in [0.05, 0.1) is 5.60 Å². The summed E-state index contributed by atoms with van der Waals surface area (Å²) >= 11 is 0. The first-order valence-corrected chi connectivity index (χ1v) is 27.5. The summed E-state index contributed by atoms with van der Waals surface area (Å²) in [5, 5.41) is 19.3. The Hall–Kier alpha value is -1.83. The summed E-state index contributed by atoms with van der Waals surface area (Å²) in [6, 6.07) is 0. The predicted molar refractivity (Wildman–Crippen MR) is 259 cm³/mol. The summed E-state index contributed by atoms with van der Waals surface area (Å²) in [4.78, 5) is 11.8. The second-order valence-electron chi connectivity index (χ2n) is 28.0. The van der Waals surface area contributed by atoms with Crippen LogP contribution in [0.5, 0.6) is 0 Å². The quantitative estimate of drug-likeness (QED) is 0.150. The largest absolute Gasteiger partial charge is 0.509 e. The van der Waals surface area contributed by atoms with Crippen molar-refractivity contribution in [2.75, 3.05) is 0 Å². The molecule has 0 spiro atoms. The van der Waals surface area contributed by atoms with E-state index >= 15 is 4.39 Å². The van der Waals surface area contributed by atoms with E-state index in [2.05, 4.69) is 25.5 Å². The predicted octanol–water partition coefficient (Wildman–Crippen LogP) is 16.8. The van der Waals surface area contributed by atoms with Gasteiger partial charge >= 0.3 is 30.9 Å². The summed E-state index contributed by atoms with van der Waals surface area (Å²) < 4.78 is 206. The molecule has 446 valence electrons. The molecule has 0 saturated heterocycles. The van der Waals surface area contributed by atoms with Crippen LogP contribution in [-0.2, 0) is 14.2 Å². The molecule has 7 fully saturated rings. The van der Waals surface area contributed by atoms with Crippen molar-refractivity contribution in [3.8, 4) is 0 Å². The lowest BCUT2D eigenvalue weighted by Gasteiger charge is -2.43. The lowest BCUT2D eigenvalue weighted by atomic mass is 9.67. The zero-order valence-corrected chi connectivity index (χ0v) is 47.3. The molecule has 6 nitrogen and oxygen atoms in total. The zero-order chi connectivity index (χ0) is 58.7. The monoisotopic (exact) mass is 1120 g/mol. The zero-order valence-electron chi connectivity index (χ0n) is 47.3. The molecule has 2 N–H and O–H groups in total. The van der Waals surface area contributed by atoms with Crippen LogP contribution in [0.15, 0.2) is 0 Å². The molecule has 76 heavy (non-hydrogen) atoms. The molecule has 0 aromatic rings. The van der Waals surface area contributed by atoms with Crippen LogP contribution in [0.25, 0.3) is 0 Å². The number of aliphatic hydroxyl groups is 2. The molecule has 20 heteroatoms. The van der Waals surface area contributed by atoms with Gasteiger partial charge in [-0.15, -0.1) is 0 Å². The Morgan fingerprint density at radius 2 is 0.934 bits per heavy atom. The molecule has 6 bridgehead atoms. The van der Waals surface area contributed by atoms with Crippen LogP contribution >= 0.6 is 0 Å². The highest BCUT2D eigenvalue weighted by Crippen LogP contribution is 2.68. The van der Waals surface area contributed by atoms with E-state index in [0.29, 0.717) is 86.4 Å². The lowest BCUT2D eigenvalue weighted by Crippen LogP contribution is -2.54. The first kappa shape index (κ1) is 65.0. The van der Waals surface area contributed by atoms with Gasteiger partial charge in [-0.05, 0) is 208 Å². The number of carbonyl (C=O) groups is 1. The van der Waals surface area contributed by atoms with Crippen LogP contribution in [0.2, 0.25) is 0 Å². The normalized spacial score (nSPS) is 41.2. The average Bonchev–Trinajstić information content (AvgIpc) is 4.06. The molecule has 0 aliphatic heterocycles. The number of hydrogen-bond donors (Lipinski definition) is 2. The van der Waals surface area contributed by atoms with Crippen molar-refractivity contribution in [1.29, 1.82) is 0 Å². The third-order valence-corrected chi connectivity index (χ3v) is 20.7. The number of alkyl halides is 14. The fraction of sp³-hybridized carbons (Fsp3) is 0.982. The summed E-state index contributed by atoms with van der Waals surface area (Å²) in [7, 11) is 0. The minimum absolute atomic E-state index is 0.0164. The van der Waals surface area contributed by atoms with E-state index in [1.54, 1.807) is 0 Å². The Labute approximate surface area is 441 Å². The Morgan fingerprint density at radius 1 is 0.513 bits per heavy atom. The van der Waals surface area contributed by atoms with Gasteiger partial charge in [-0.1, -0.05) is 48.5 Å². The van der Waals surface area contributed by atoms with Crippen molar-refractivity contribution in [2.24, 2.45) is 94.7 Å². The number of rotatable bonds is 12. The van der Waals surface area contributed by atoms with Gasteiger partial charge in [0, 0.05) is 19.3 Å². The minimum atomic E-state index is -4.97. The number of ether oxygens (including phenoxy) is 3. The van der Waals surface area contributed by atoms with Gasteiger partial charge in [0.25, 0.3) is 0 Å². The molecule has 0 aromatic carbocycles. The molecular formula is C56H88F14O6. The second-order valence-corrected chi connectivity index (χ2v) is 28.0. The van der Waals surface area contributed by atoms with Gasteiger partial charge in [0.1, 0.15) is 16.9 Å². The van der Waals surface area contributed by atoms with Gasteiger partial charge in [-0.3, -0.25) is 0 Å². The number of halogens is 14. The van der Waals surface area contributed by atoms with Crippen molar-refractivity contribution in [1.82, 2.24) is 0 Å². The maximum Gasteiger partial charge on any atom is 0.509 e. The number of hydrogen-bond acceptors (Lipinski definition) is 6. The molecule has 22 atom stereocenters. The minimum Gasteiger partial charge on any atom is -0.429 e. The van der Waals surface area contributed by atoms with E-state index < -0.39 is 101 Å². The number of carbonyl (C=O) groups excluding carboxylic acids is 1. The van der Waals surface area contributed by atoms with Gasteiger partial charge in [0.15, 0.2) is 16.8 Å². The summed E-state index contributed by atoms with van der Waals surface area (Å²) in [6.07, 6.45) is -19.9. The van der Waals surface area contributed by atoms with E-state index in [0.717, 1.165) is 20.3 Å².